The van der Waals surface area contributed by atoms with Crippen LogP contribution in [0, 0.1) is 0 Å². The standard InChI is InChI=1S/C36H74NO7P/c1-5-6-7-8-9-10-11-12-13-14-15-16-17-18-19-20-21-22-23-24-25-26-27-28-29-30-36(39)42-33-35(38)34-44-45(40,41)43-32-31-37(2,3)4/h35,38H,5-34H2,1-4H3/p+1. The van der Waals surface area contributed by atoms with E-state index in [4.69, 9.17) is 13.8 Å². The van der Waals surface area contributed by atoms with Crippen molar-refractivity contribution in [2.24, 2.45) is 0 Å². The Morgan fingerprint density at radius 1 is 0.600 bits per heavy atom. The van der Waals surface area contributed by atoms with Crippen molar-refractivity contribution >= 4 is 13.8 Å². The maximum atomic E-state index is 11.9. The minimum absolute atomic E-state index is 0.0575. The van der Waals surface area contributed by atoms with Gasteiger partial charge in [0, 0.05) is 6.42 Å². The topological polar surface area (TPSA) is 102 Å². The Morgan fingerprint density at radius 3 is 1.31 bits per heavy atom. The second-order valence-corrected chi connectivity index (χ2v) is 15.6. The molecule has 0 aromatic heterocycles. The predicted molar refractivity (Wildman–Crippen MR) is 187 cm³/mol. The Morgan fingerprint density at radius 2 is 0.956 bits per heavy atom. The van der Waals surface area contributed by atoms with Gasteiger partial charge in [0.15, 0.2) is 0 Å². The van der Waals surface area contributed by atoms with Crippen LogP contribution in [0.3, 0.4) is 0 Å². The first kappa shape index (κ1) is 44.5. The zero-order valence-electron chi connectivity index (χ0n) is 30.1. The number of carbonyl (C=O) groups excluding carboxylic acids is 1. The molecule has 8 nitrogen and oxygen atoms in total. The zero-order valence-corrected chi connectivity index (χ0v) is 31.0. The minimum Gasteiger partial charge on any atom is -0.463 e. The third-order valence-corrected chi connectivity index (χ3v) is 9.35. The molecule has 45 heavy (non-hydrogen) atoms. The van der Waals surface area contributed by atoms with Crippen molar-refractivity contribution in [3.63, 3.8) is 0 Å². The number of likely N-dealkylation sites (N-methyl/N-ethyl adjacent to an activating group) is 1. The summed E-state index contributed by atoms with van der Waals surface area (Å²) in [5, 5.41) is 9.89. The van der Waals surface area contributed by atoms with E-state index in [1.54, 1.807) is 0 Å². The first-order valence-corrected chi connectivity index (χ1v) is 20.3. The number of esters is 1. The van der Waals surface area contributed by atoms with E-state index in [2.05, 4.69) is 6.92 Å². The molecule has 0 aliphatic heterocycles. The Balaban J connectivity index is 3.36. The average molecular weight is 665 g/mol. The Labute approximate surface area is 278 Å². The van der Waals surface area contributed by atoms with Crippen LogP contribution in [-0.2, 0) is 23.1 Å². The number of phosphoric ester groups is 1. The van der Waals surface area contributed by atoms with E-state index in [1.807, 2.05) is 21.1 Å². The van der Waals surface area contributed by atoms with Crippen LogP contribution in [0.5, 0.6) is 0 Å². The summed E-state index contributed by atoms with van der Waals surface area (Å²) in [6.45, 7) is 2.17. The van der Waals surface area contributed by atoms with Crippen molar-refractivity contribution in [3.8, 4) is 0 Å². The SMILES string of the molecule is CCCCCCCCCCCCCCCCCCCCCCCCCCCC(=O)OCC(O)COP(=O)(O)OCC[N+](C)(C)C. The summed E-state index contributed by atoms with van der Waals surface area (Å²) < 4.78 is 27.2. The molecule has 2 atom stereocenters. The van der Waals surface area contributed by atoms with Crippen molar-refractivity contribution < 1.29 is 37.6 Å². The van der Waals surface area contributed by atoms with Gasteiger partial charge in [0.05, 0.1) is 27.7 Å². The van der Waals surface area contributed by atoms with Gasteiger partial charge in [-0.2, -0.15) is 0 Å². The van der Waals surface area contributed by atoms with E-state index < -0.39 is 20.5 Å². The molecule has 0 aliphatic carbocycles. The summed E-state index contributed by atoms with van der Waals surface area (Å²) in [5.74, 6) is -0.366. The molecule has 0 aromatic carbocycles. The van der Waals surface area contributed by atoms with E-state index in [1.165, 1.54) is 141 Å². The van der Waals surface area contributed by atoms with E-state index in [0.717, 1.165) is 19.3 Å². The van der Waals surface area contributed by atoms with Crippen LogP contribution < -0.4 is 0 Å². The number of quaternary nitrogens is 1. The summed E-state index contributed by atoms with van der Waals surface area (Å²) in [5.41, 5.74) is 0. The molecule has 0 spiro atoms. The van der Waals surface area contributed by atoms with Gasteiger partial charge in [-0.15, -0.1) is 0 Å². The molecule has 270 valence electrons. The summed E-state index contributed by atoms with van der Waals surface area (Å²) in [6, 6.07) is 0. The number of aliphatic hydroxyl groups is 1. The molecule has 0 amide bonds. The summed E-state index contributed by atoms with van der Waals surface area (Å²) >= 11 is 0. The lowest BCUT2D eigenvalue weighted by Crippen LogP contribution is -2.37. The normalized spacial score (nSPS) is 14.0. The Bertz CT molecular complexity index is 701. The van der Waals surface area contributed by atoms with E-state index in [0.29, 0.717) is 17.4 Å². The van der Waals surface area contributed by atoms with Gasteiger partial charge in [0.1, 0.15) is 25.9 Å². The van der Waals surface area contributed by atoms with E-state index >= 15 is 0 Å². The maximum absolute atomic E-state index is 11.9. The molecule has 0 saturated heterocycles. The van der Waals surface area contributed by atoms with Crippen LogP contribution >= 0.6 is 7.82 Å². The minimum atomic E-state index is -4.24. The molecular weight excluding hydrogens is 589 g/mol. The fraction of sp³-hybridized carbons (Fsp3) is 0.972. The summed E-state index contributed by atoms with van der Waals surface area (Å²) in [7, 11) is 1.57. The van der Waals surface area contributed by atoms with Crippen LogP contribution in [0.25, 0.3) is 0 Å². The van der Waals surface area contributed by atoms with Gasteiger partial charge >= 0.3 is 13.8 Å². The quantitative estimate of drug-likeness (QED) is 0.0301. The number of hydrogen-bond acceptors (Lipinski definition) is 6. The Hall–Kier alpha value is -0.500. The summed E-state index contributed by atoms with van der Waals surface area (Å²) in [4.78, 5) is 21.6. The molecule has 0 fully saturated rings. The first-order valence-electron chi connectivity index (χ1n) is 18.8. The first-order chi connectivity index (χ1) is 21.6. The van der Waals surface area contributed by atoms with Gasteiger partial charge in [0.2, 0.25) is 0 Å². The smallest absolute Gasteiger partial charge is 0.463 e. The molecule has 9 heteroatoms. The third kappa shape index (κ3) is 36.2. The van der Waals surface area contributed by atoms with E-state index in [-0.39, 0.29) is 19.2 Å². The largest absolute Gasteiger partial charge is 0.472 e. The van der Waals surface area contributed by atoms with Crippen molar-refractivity contribution in [2.75, 3.05) is 47.5 Å². The lowest BCUT2D eigenvalue weighted by Gasteiger charge is -2.24. The lowest BCUT2D eigenvalue weighted by atomic mass is 10.0. The van der Waals surface area contributed by atoms with Crippen molar-refractivity contribution in [1.29, 1.82) is 0 Å². The summed E-state index contributed by atoms with van der Waals surface area (Å²) in [6.07, 6.45) is 32.8. The molecule has 2 N–H and O–H groups in total. The lowest BCUT2D eigenvalue weighted by molar-refractivity contribution is -0.870. The number of nitrogens with zero attached hydrogens (tertiary/aromatic N) is 1. The fourth-order valence-electron chi connectivity index (χ4n) is 5.37. The molecule has 0 aliphatic rings. The van der Waals surface area contributed by atoms with Crippen molar-refractivity contribution in [2.45, 2.75) is 180 Å². The number of rotatable bonds is 35. The highest BCUT2D eigenvalue weighted by Crippen LogP contribution is 2.43. The monoisotopic (exact) mass is 665 g/mol. The predicted octanol–water partition coefficient (Wildman–Crippen LogP) is 9.89. The molecule has 0 rings (SSSR count). The van der Waals surface area contributed by atoms with Crippen LogP contribution in [0.4, 0.5) is 0 Å². The molecule has 0 radical (unpaired) electrons. The second-order valence-electron chi connectivity index (χ2n) is 14.2. The number of ether oxygens (including phenoxy) is 1. The van der Waals surface area contributed by atoms with Gasteiger partial charge in [-0.25, -0.2) is 4.57 Å². The van der Waals surface area contributed by atoms with E-state index in [9.17, 15) is 19.4 Å². The van der Waals surface area contributed by atoms with Crippen molar-refractivity contribution in [1.82, 2.24) is 0 Å². The van der Waals surface area contributed by atoms with Gasteiger partial charge in [-0.1, -0.05) is 161 Å². The highest BCUT2D eigenvalue weighted by molar-refractivity contribution is 7.47. The van der Waals surface area contributed by atoms with Crippen LogP contribution in [0.15, 0.2) is 0 Å². The third-order valence-electron chi connectivity index (χ3n) is 8.37. The van der Waals surface area contributed by atoms with Gasteiger partial charge < -0.3 is 19.2 Å². The van der Waals surface area contributed by atoms with Gasteiger partial charge in [-0.3, -0.25) is 13.8 Å². The van der Waals surface area contributed by atoms with Crippen molar-refractivity contribution in [3.05, 3.63) is 0 Å². The van der Waals surface area contributed by atoms with Crippen LogP contribution in [0.1, 0.15) is 174 Å². The highest BCUT2D eigenvalue weighted by Gasteiger charge is 2.24. The van der Waals surface area contributed by atoms with Crippen LogP contribution in [-0.4, -0.2) is 74.1 Å². The molecule has 0 bridgehead atoms. The number of aliphatic hydroxyl groups excluding tert-OH is 1. The molecule has 0 aromatic rings. The number of unbranched alkanes of at least 4 members (excludes halogenated alkanes) is 24. The number of carbonyl (C=O) groups is 1. The zero-order chi connectivity index (χ0) is 33.5. The number of hydrogen-bond donors (Lipinski definition) is 2. The molecule has 2 unspecified atom stereocenters. The average Bonchev–Trinajstić information content (AvgIpc) is 2.98. The van der Waals surface area contributed by atoms with Crippen LogP contribution in [0.2, 0.25) is 0 Å². The second kappa shape index (κ2) is 30.8. The van der Waals surface area contributed by atoms with Gasteiger partial charge in [-0.05, 0) is 6.42 Å². The highest BCUT2D eigenvalue weighted by atomic mass is 31.2. The Kier molecular flexibility index (Phi) is 30.5. The molecular formula is C36H75NO7P+. The maximum Gasteiger partial charge on any atom is 0.472 e. The molecule has 0 saturated carbocycles. The van der Waals surface area contributed by atoms with Gasteiger partial charge in [0.25, 0.3) is 0 Å². The fourth-order valence-corrected chi connectivity index (χ4v) is 6.11. The number of phosphoric acid groups is 1. The molecule has 0 heterocycles.